The van der Waals surface area contributed by atoms with Crippen LogP contribution < -0.4 is 0 Å². The highest BCUT2D eigenvalue weighted by atomic mass is 35.5. The second-order valence-electron chi connectivity index (χ2n) is 4.77. The molecular formula is C18H10Cl2N2S. The molecule has 112 valence electrons. The van der Waals surface area contributed by atoms with Crippen molar-refractivity contribution in [1.29, 1.82) is 5.26 Å². The summed E-state index contributed by atoms with van der Waals surface area (Å²) in [4.78, 5) is 4.55. The Kier molecular flexibility index (Phi) is 4.78. The van der Waals surface area contributed by atoms with Gasteiger partial charge >= 0.3 is 0 Å². The monoisotopic (exact) mass is 356 g/mol. The molecule has 0 N–H and O–H groups in total. The van der Waals surface area contributed by atoms with Crippen LogP contribution in [0, 0.1) is 11.3 Å². The number of nitrogens with zero attached hydrogens (tertiary/aromatic N) is 2. The lowest BCUT2D eigenvalue weighted by molar-refractivity contribution is 1.37. The first-order chi connectivity index (χ1) is 11.2. The van der Waals surface area contributed by atoms with Crippen LogP contribution in [0.5, 0.6) is 0 Å². The minimum Gasteiger partial charge on any atom is -0.235 e. The topological polar surface area (TPSA) is 36.7 Å². The highest BCUT2D eigenvalue weighted by Gasteiger charge is 2.09. The molecule has 0 amide bonds. The lowest BCUT2D eigenvalue weighted by atomic mass is 10.1. The third-order valence-corrected chi connectivity index (χ3v) is 4.52. The van der Waals surface area contributed by atoms with Gasteiger partial charge in [-0.1, -0.05) is 47.5 Å². The van der Waals surface area contributed by atoms with Gasteiger partial charge in [0.15, 0.2) is 0 Å². The van der Waals surface area contributed by atoms with E-state index < -0.39 is 0 Å². The molecule has 0 radical (unpaired) electrons. The lowest BCUT2D eigenvalue weighted by Crippen LogP contribution is -1.83. The van der Waals surface area contributed by atoms with Gasteiger partial charge in [0, 0.05) is 21.0 Å². The number of benzene rings is 2. The van der Waals surface area contributed by atoms with Crippen LogP contribution in [0.3, 0.4) is 0 Å². The predicted octanol–water partition coefficient (Wildman–Crippen LogP) is 6.18. The molecule has 2 aromatic carbocycles. The average Bonchev–Trinajstić information content (AvgIpc) is 3.03. The number of rotatable bonds is 3. The first-order valence-electron chi connectivity index (χ1n) is 6.75. The molecule has 0 fully saturated rings. The number of thiazole rings is 1. The molecule has 0 unspecified atom stereocenters. The van der Waals surface area contributed by atoms with Gasteiger partial charge in [-0.2, -0.15) is 5.26 Å². The van der Waals surface area contributed by atoms with Gasteiger partial charge in [-0.05, 0) is 35.9 Å². The number of aromatic nitrogens is 1. The van der Waals surface area contributed by atoms with Crippen LogP contribution in [-0.4, -0.2) is 4.98 Å². The van der Waals surface area contributed by atoms with Crippen molar-refractivity contribution in [2.24, 2.45) is 0 Å². The third kappa shape index (κ3) is 3.80. The van der Waals surface area contributed by atoms with Crippen LogP contribution in [0.1, 0.15) is 10.6 Å². The molecule has 0 atom stereocenters. The normalized spacial score (nSPS) is 11.3. The Labute approximate surface area is 148 Å². The summed E-state index contributed by atoms with van der Waals surface area (Å²) in [5.41, 5.74) is 3.18. The smallest absolute Gasteiger partial charge is 0.134 e. The second kappa shape index (κ2) is 6.97. The summed E-state index contributed by atoms with van der Waals surface area (Å²) < 4.78 is 0. The molecule has 0 aliphatic heterocycles. The first kappa shape index (κ1) is 15.8. The molecule has 0 aliphatic rings. The van der Waals surface area contributed by atoms with E-state index in [1.807, 2.05) is 47.8 Å². The second-order valence-corrected chi connectivity index (χ2v) is 6.50. The fraction of sp³-hybridized carbons (Fsp3) is 0. The first-order valence-corrected chi connectivity index (χ1v) is 8.38. The summed E-state index contributed by atoms with van der Waals surface area (Å²) in [6, 6.07) is 17.0. The Morgan fingerprint density at radius 2 is 1.87 bits per heavy atom. The quantitative estimate of drug-likeness (QED) is 0.525. The summed E-state index contributed by atoms with van der Waals surface area (Å²) in [7, 11) is 0. The van der Waals surface area contributed by atoms with Crippen molar-refractivity contribution in [3.05, 3.63) is 74.5 Å². The molecule has 3 aromatic rings. The SMILES string of the molecule is N#C/C(=C/c1cccc(Cl)c1)c1nc(-c2ccc(Cl)cc2)cs1. The number of hydrogen-bond donors (Lipinski definition) is 0. The highest BCUT2D eigenvalue weighted by molar-refractivity contribution is 7.11. The van der Waals surface area contributed by atoms with Crippen LogP contribution >= 0.6 is 34.5 Å². The van der Waals surface area contributed by atoms with Crippen molar-refractivity contribution >= 4 is 46.2 Å². The molecule has 23 heavy (non-hydrogen) atoms. The largest absolute Gasteiger partial charge is 0.235 e. The van der Waals surface area contributed by atoms with Gasteiger partial charge in [-0.3, -0.25) is 0 Å². The maximum absolute atomic E-state index is 9.42. The Balaban J connectivity index is 1.94. The van der Waals surface area contributed by atoms with Crippen LogP contribution in [0.25, 0.3) is 22.9 Å². The van der Waals surface area contributed by atoms with Crippen molar-refractivity contribution in [3.8, 4) is 17.3 Å². The van der Waals surface area contributed by atoms with Gasteiger partial charge in [0.1, 0.15) is 11.1 Å². The molecule has 3 rings (SSSR count). The van der Waals surface area contributed by atoms with Gasteiger partial charge in [-0.15, -0.1) is 11.3 Å². The summed E-state index contributed by atoms with van der Waals surface area (Å²) in [5, 5.41) is 13.4. The molecule has 0 saturated carbocycles. The minimum atomic E-state index is 0.512. The van der Waals surface area contributed by atoms with Crippen LogP contribution in [0.4, 0.5) is 0 Å². The Bertz CT molecular complexity index is 905. The number of allylic oxidation sites excluding steroid dienone is 1. The maximum atomic E-state index is 9.42. The van der Waals surface area contributed by atoms with E-state index in [0.717, 1.165) is 16.8 Å². The molecular weight excluding hydrogens is 347 g/mol. The standard InChI is InChI=1S/C18H10Cl2N2S/c19-15-6-4-13(5-7-15)17-11-23-18(22-17)14(10-21)8-12-2-1-3-16(20)9-12/h1-9,11H/b14-8-. The highest BCUT2D eigenvalue weighted by Crippen LogP contribution is 2.28. The van der Waals surface area contributed by atoms with E-state index >= 15 is 0 Å². The summed E-state index contributed by atoms with van der Waals surface area (Å²) in [6.07, 6.45) is 1.79. The van der Waals surface area contributed by atoms with Crippen molar-refractivity contribution in [1.82, 2.24) is 4.98 Å². The maximum Gasteiger partial charge on any atom is 0.134 e. The molecule has 1 heterocycles. The van der Waals surface area contributed by atoms with Crippen LogP contribution in [0.2, 0.25) is 10.0 Å². The van der Waals surface area contributed by atoms with E-state index in [2.05, 4.69) is 11.1 Å². The molecule has 5 heteroatoms. The van der Waals surface area contributed by atoms with Crippen molar-refractivity contribution in [3.63, 3.8) is 0 Å². The van der Waals surface area contributed by atoms with E-state index in [0.29, 0.717) is 20.6 Å². The van der Waals surface area contributed by atoms with E-state index in [-0.39, 0.29) is 0 Å². The zero-order valence-corrected chi connectivity index (χ0v) is 14.2. The van der Waals surface area contributed by atoms with Crippen molar-refractivity contribution in [2.45, 2.75) is 0 Å². The summed E-state index contributed by atoms with van der Waals surface area (Å²) in [6.45, 7) is 0. The van der Waals surface area contributed by atoms with Gasteiger partial charge < -0.3 is 0 Å². The average molecular weight is 357 g/mol. The van der Waals surface area contributed by atoms with Gasteiger partial charge in [-0.25, -0.2) is 4.98 Å². The Morgan fingerprint density at radius 3 is 2.57 bits per heavy atom. The molecule has 2 nitrogen and oxygen atoms in total. The minimum absolute atomic E-state index is 0.512. The predicted molar refractivity (Wildman–Crippen MR) is 97.5 cm³/mol. The zero-order chi connectivity index (χ0) is 16.2. The zero-order valence-electron chi connectivity index (χ0n) is 11.8. The number of nitriles is 1. The van der Waals surface area contributed by atoms with Crippen LogP contribution in [0.15, 0.2) is 53.9 Å². The van der Waals surface area contributed by atoms with Gasteiger partial charge in [0.2, 0.25) is 0 Å². The fourth-order valence-electron chi connectivity index (χ4n) is 2.06. The van der Waals surface area contributed by atoms with E-state index in [1.165, 1.54) is 11.3 Å². The Hall–Kier alpha value is -2.12. The van der Waals surface area contributed by atoms with Crippen molar-refractivity contribution < 1.29 is 0 Å². The van der Waals surface area contributed by atoms with Gasteiger partial charge in [0.25, 0.3) is 0 Å². The fourth-order valence-corrected chi connectivity index (χ4v) is 3.17. The molecule has 1 aromatic heterocycles. The number of halogens is 2. The van der Waals surface area contributed by atoms with E-state index in [1.54, 1.807) is 12.1 Å². The third-order valence-electron chi connectivity index (χ3n) is 3.15. The molecule has 0 aliphatic carbocycles. The number of hydrogen-bond acceptors (Lipinski definition) is 3. The van der Waals surface area contributed by atoms with Crippen molar-refractivity contribution in [2.75, 3.05) is 0 Å². The summed E-state index contributed by atoms with van der Waals surface area (Å²) in [5.74, 6) is 0. The van der Waals surface area contributed by atoms with E-state index in [9.17, 15) is 5.26 Å². The summed E-state index contributed by atoms with van der Waals surface area (Å²) >= 11 is 13.3. The Morgan fingerprint density at radius 1 is 1.09 bits per heavy atom. The lowest BCUT2D eigenvalue weighted by Gasteiger charge is -1.97. The van der Waals surface area contributed by atoms with Gasteiger partial charge in [0.05, 0.1) is 11.3 Å². The molecule has 0 spiro atoms. The van der Waals surface area contributed by atoms with Crippen LogP contribution in [-0.2, 0) is 0 Å². The van der Waals surface area contributed by atoms with E-state index in [4.69, 9.17) is 23.2 Å². The molecule has 0 bridgehead atoms. The molecule has 0 saturated heterocycles.